The van der Waals surface area contributed by atoms with E-state index < -0.39 is 35.4 Å². The molecule has 1 heterocycles. The third-order valence-corrected chi connectivity index (χ3v) is 4.63. The zero-order chi connectivity index (χ0) is 24.2. The SMILES string of the molecule is COc1cc(-c2ccc(=O)n(CC(=O)Nc3ccccc3C(F)(F)F)n2)cc(OC)c1OC. The predicted molar refractivity (Wildman–Crippen MR) is 114 cm³/mol. The molecule has 0 fully saturated rings. The number of hydrogen-bond donors (Lipinski definition) is 1. The molecule has 0 aliphatic rings. The van der Waals surface area contributed by atoms with Gasteiger partial charge < -0.3 is 19.5 Å². The first kappa shape index (κ1) is 23.6. The highest BCUT2D eigenvalue weighted by molar-refractivity contribution is 5.91. The summed E-state index contributed by atoms with van der Waals surface area (Å²) in [6, 6.07) is 10.4. The van der Waals surface area contributed by atoms with Crippen molar-refractivity contribution in [3.8, 4) is 28.5 Å². The van der Waals surface area contributed by atoms with E-state index in [-0.39, 0.29) is 0 Å². The highest BCUT2D eigenvalue weighted by Gasteiger charge is 2.33. The maximum atomic E-state index is 13.2. The van der Waals surface area contributed by atoms with Gasteiger partial charge in [-0.05, 0) is 30.3 Å². The van der Waals surface area contributed by atoms with Crippen molar-refractivity contribution in [1.82, 2.24) is 9.78 Å². The normalized spacial score (nSPS) is 11.1. The Labute approximate surface area is 186 Å². The van der Waals surface area contributed by atoms with Crippen molar-refractivity contribution >= 4 is 11.6 Å². The minimum absolute atomic E-state index is 0.303. The van der Waals surface area contributed by atoms with E-state index in [1.54, 1.807) is 12.1 Å². The van der Waals surface area contributed by atoms with E-state index in [4.69, 9.17) is 14.2 Å². The number of anilines is 1. The number of hydrogen-bond acceptors (Lipinski definition) is 6. The number of amides is 1. The van der Waals surface area contributed by atoms with Crippen molar-refractivity contribution in [2.45, 2.75) is 12.7 Å². The summed E-state index contributed by atoms with van der Waals surface area (Å²) in [7, 11) is 4.34. The summed E-state index contributed by atoms with van der Waals surface area (Å²) < 4.78 is 56.2. The molecule has 3 rings (SSSR count). The number of rotatable bonds is 7. The summed E-state index contributed by atoms with van der Waals surface area (Å²) in [4.78, 5) is 24.6. The minimum Gasteiger partial charge on any atom is -0.493 e. The maximum absolute atomic E-state index is 13.2. The van der Waals surface area contributed by atoms with Crippen LogP contribution in [0.5, 0.6) is 17.2 Å². The fourth-order valence-electron chi connectivity index (χ4n) is 3.11. The first-order chi connectivity index (χ1) is 15.7. The van der Waals surface area contributed by atoms with Crippen LogP contribution in [0, 0.1) is 0 Å². The van der Waals surface area contributed by atoms with Gasteiger partial charge in [-0.2, -0.15) is 18.3 Å². The summed E-state index contributed by atoms with van der Waals surface area (Å²) in [5, 5.41) is 6.36. The summed E-state index contributed by atoms with van der Waals surface area (Å²) >= 11 is 0. The second-order valence-corrected chi connectivity index (χ2v) is 6.72. The van der Waals surface area contributed by atoms with Crippen LogP contribution >= 0.6 is 0 Å². The van der Waals surface area contributed by atoms with Gasteiger partial charge in [0.15, 0.2) is 11.5 Å². The number of nitrogens with zero attached hydrogens (tertiary/aromatic N) is 2. The van der Waals surface area contributed by atoms with E-state index in [1.165, 1.54) is 45.6 Å². The fourth-order valence-corrected chi connectivity index (χ4v) is 3.11. The molecule has 11 heteroatoms. The van der Waals surface area contributed by atoms with Crippen molar-refractivity contribution < 1.29 is 32.2 Å². The molecule has 3 aromatic rings. The molecule has 0 saturated carbocycles. The van der Waals surface area contributed by atoms with E-state index in [2.05, 4.69) is 10.4 Å². The summed E-state index contributed by atoms with van der Waals surface area (Å²) in [5.74, 6) is 0.226. The van der Waals surface area contributed by atoms with Gasteiger partial charge in [-0.3, -0.25) is 9.59 Å². The Balaban J connectivity index is 1.91. The third kappa shape index (κ3) is 5.25. The highest BCUT2D eigenvalue weighted by atomic mass is 19.4. The predicted octanol–water partition coefficient (Wildman–Crippen LogP) is 3.59. The molecule has 8 nitrogen and oxygen atoms in total. The number of alkyl halides is 3. The zero-order valence-corrected chi connectivity index (χ0v) is 17.9. The third-order valence-electron chi connectivity index (χ3n) is 4.63. The topological polar surface area (TPSA) is 91.7 Å². The van der Waals surface area contributed by atoms with Gasteiger partial charge in [0.05, 0.1) is 38.3 Å². The Morgan fingerprint density at radius 3 is 2.21 bits per heavy atom. The van der Waals surface area contributed by atoms with E-state index in [0.717, 1.165) is 16.8 Å². The van der Waals surface area contributed by atoms with Crippen LogP contribution in [0.4, 0.5) is 18.9 Å². The Morgan fingerprint density at radius 2 is 1.64 bits per heavy atom. The number of halogens is 3. The van der Waals surface area contributed by atoms with E-state index in [0.29, 0.717) is 28.5 Å². The van der Waals surface area contributed by atoms with Gasteiger partial charge in [0.2, 0.25) is 11.7 Å². The van der Waals surface area contributed by atoms with Crippen LogP contribution < -0.4 is 25.1 Å². The molecule has 0 aliphatic heterocycles. The lowest BCUT2D eigenvalue weighted by atomic mass is 10.1. The van der Waals surface area contributed by atoms with Crippen molar-refractivity contribution in [3.05, 3.63) is 64.4 Å². The van der Waals surface area contributed by atoms with Crippen LogP contribution in [0.1, 0.15) is 5.56 Å². The van der Waals surface area contributed by atoms with E-state index in [9.17, 15) is 22.8 Å². The lowest BCUT2D eigenvalue weighted by Gasteiger charge is -2.15. The molecule has 174 valence electrons. The van der Waals surface area contributed by atoms with Crippen LogP contribution in [0.25, 0.3) is 11.3 Å². The molecule has 1 N–H and O–H groups in total. The van der Waals surface area contributed by atoms with E-state index >= 15 is 0 Å². The monoisotopic (exact) mass is 463 g/mol. The van der Waals surface area contributed by atoms with Gasteiger partial charge in [-0.1, -0.05) is 12.1 Å². The average Bonchev–Trinajstić information content (AvgIpc) is 2.79. The molecular formula is C22H20F3N3O5. The summed E-state index contributed by atoms with van der Waals surface area (Å²) in [6.45, 7) is -0.594. The highest BCUT2D eigenvalue weighted by Crippen LogP contribution is 2.40. The number of aromatic nitrogens is 2. The van der Waals surface area contributed by atoms with Gasteiger partial charge >= 0.3 is 6.18 Å². The zero-order valence-electron chi connectivity index (χ0n) is 17.9. The van der Waals surface area contributed by atoms with Crippen molar-refractivity contribution in [1.29, 1.82) is 0 Å². The maximum Gasteiger partial charge on any atom is 0.418 e. The van der Waals surface area contributed by atoms with Crippen LogP contribution in [0.15, 0.2) is 53.3 Å². The van der Waals surface area contributed by atoms with Crippen molar-refractivity contribution in [2.24, 2.45) is 0 Å². The second-order valence-electron chi connectivity index (χ2n) is 6.72. The second kappa shape index (κ2) is 9.63. The van der Waals surface area contributed by atoms with Gasteiger partial charge in [0, 0.05) is 11.6 Å². The Bertz CT molecular complexity index is 1200. The minimum atomic E-state index is -4.65. The van der Waals surface area contributed by atoms with Gasteiger partial charge in [0.25, 0.3) is 5.56 Å². The number of nitrogens with one attached hydrogen (secondary N) is 1. The summed E-state index contributed by atoms with van der Waals surface area (Å²) in [6.07, 6.45) is -4.65. The lowest BCUT2D eigenvalue weighted by molar-refractivity contribution is -0.137. The molecule has 1 aromatic heterocycles. The molecule has 0 bridgehead atoms. The number of para-hydroxylation sites is 1. The average molecular weight is 463 g/mol. The largest absolute Gasteiger partial charge is 0.493 e. The Kier molecular flexibility index (Phi) is 6.90. The smallest absolute Gasteiger partial charge is 0.418 e. The molecule has 0 aliphatic carbocycles. The molecular weight excluding hydrogens is 443 g/mol. The molecule has 0 unspecified atom stereocenters. The van der Waals surface area contributed by atoms with Gasteiger partial charge in [0.1, 0.15) is 6.54 Å². The molecule has 0 radical (unpaired) electrons. The molecule has 0 saturated heterocycles. The van der Waals surface area contributed by atoms with Crippen LogP contribution in [0.2, 0.25) is 0 Å². The summed E-state index contributed by atoms with van der Waals surface area (Å²) in [5.41, 5.74) is -1.21. The van der Waals surface area contributed by atoms with Gasteiger partial charge in [-0.25, -0.2) is 4.68 Å². The molecule has 2 aromatic carbocycles. The van der Waals surface area contributed by atoms with Crippen molar-refractivity contribution in [2.75, 3.05) is 26.6 Å². The Hall–Kier alpha value is -4.02. The van der Waals surface area contributed by atoms with Gasteiger partial charge in [-0.15, -0.1) is 0 Å². The lowest BCUT2D eigenvalue weighted by Crippen LogP contribution is -2.29. The van der Waals surface area contributed by atoms with Crippen molar-refractivity contribution in [3.63, 3.8) is 0 Å². The van der Waals surface area contributed by atoms with E-state index in [1.807, 2.05) is 0 Å². The molecule has 33 heavy (non-hydrogen) atoms. The van der Waals surface area contributed by atoms with Crippen LogP contribution in [0.3, 0.4) is 0 Å². The quantitative estimate of drug-likeness (QED) is 0.576. The number of carbonyl (C=O) groups is 1. The van der Waals surface area contributed by atoms with Crippen LogP contribution in [-0.4, -0.2) is 37.0 Å². The molecule has 0 spiro atoms. The number of carbonyl (C=O) groups excluding carboxylic acids is 1. The molecule has 1 amide bonds. The first-order valence-electron chi connectivity index (χ1n) is 9.52. The Morgan fingerprint density at radius 1 is 1.00 bits per heavy atom. The fraction of sp³-hybridized carbons (Fsp3) is 0.227. The standard InChI is InChI=1S/C22H20F3N3O5/c1-31-17-10-13(11-18(32-2)21(17)33-3)15-8-9-20(30)28(27-15)12-19(29)26-16-7-5-4-6-14(16)22(23,24)25/h4-11H,12H2,1-3H3,(H,26,29). The number of methoxy groups -OCH3 is 3. The van der Waals surface area contributed by atoms with Crippen LogP contribution in [-0.2, 0) is 17.5 Å². The molecule has 0 atom stereocenters. The number of ether oxygens (including phenoxy) is 3. The first-order valence-corrected chi connectivity index (χ1v) is 9.52. The number of benzene rings is 2.